The second-order valence-electron chi connectivity index (χ2n) is 4.70. The van der Waals surface area contributed by atoms with Gasteiger partial charge in [-0.05, 0) is 66.6 Å². The van der Waals surface area contributed by atoms with Crippen LogP contribution in [0.4, 0.5) is 14.5 Å². The van der Waals surface area contributed by atoms with Crippen molar-refractivity contribution in [3.05, 3.63) is 27.3 Å². The van der Waals surface area contributed by atoms with E-state index in [9.17, 15) is 13.6 Å². The van der Waals surface area contributed by atoms with Crippen molar-refractivity contribution < 1.29 is 13.6 Å². The fourth-order valence-corrected chi connectivity index (χ4v) is 2.46. The molecule has 3 nitrogen and oxygen atoms in total. The molecule has 0 aromatic heterocycles. The van der Waals surface area contributed by atoms with Gasteiger partial charge in [-0.2, -0.15) is 0 Å². The summed E-state index contributed by atoms with van der Waals surface area (Å²) in [5.74, 6) is -0.991. The molecular formula is C13H16ClF2IN2O. The molecule has 112 valence electrons. The minimum absolute atomic E-state index is 0. The zero-order chi connectivity index (χ0) is 13.8. The van der Waals surface area contributed by atoms with E-state index in [2.05, 4.69) is 10.6 Å². The van der Waals surface area contributed by atoms with Crippen molar-refractivity contribution in [3.8, 4) is 0 Å². The third-order valence-corrected chi connectivity index (χ3v) is 4.24. The standard InChI is InChI=1S/C13H15F2IN2O.ClH/c14-10-5-9(6-11(15)13(10)16)18-12(19)2-1-8-3-4-17-7-8;/h5-6,8,17H,1-4,7H2,(H,18,19);1H. The first-order valence-electron chi connectivity index (χ1n) is 6.21. The average Bonchev–Trinajstić information content (AvgIpc) is 2.86. The summed E-state index contributed by atoms with van der Waals surface area (Å²) in [6.45, 7) is 1.94. The fraction of sp³-hybridized carbons (Fsp3) is 0.462. The molecule has 0 spiro atoms. The third-order valence-electron chi connectivity index (χ3n) is 3.21. The summed E-state index contributed by atoms with van der Waals surface area (Å²) < 4.78 is 26.6. The van der Waals surface area contributed by atoms with E-state index in [1.807, 2.05) is 0 Å². The Morgan fingerprint density at radius 1 is 1.40 bits per heavy atom. The number of carbonyl (C=O) groups is 1. The number of halogens is 4. The normalized spacial score (nSPS) is 17.6. The highest BCUT2D eigenvalue weighted by Gasteiger charge is 2.16. The lowest BCUT2D eigenvalue weighted by molar-refractivity contribution is -0.116. The lowest BCUT2D eigenvalue weighted by atomic mass is 10.0. The molecule has 2 N–H and O–H groups in total. The lowest BCUT2D eigenvalue weighted by Gasteiger charge is -2.09. The van der Waals surface area contributed by atoms with Gasteiger partial charge in [-0.25, -0.2) is 8.78 Å². The van der Waals surface area contributed by atoms with Gasteiger partial charge < -0.3 is 10.6 Å². The number of anilines is 1. The summed E-state index contributed by atoms with van der Waals surface area (Å²) in [5.41, 5.74) is 0.171. The van der Waals surface area contributed by atoms with Gasteiger partial charge in [0.25, 0.3) is 0 Å². The Kier molecular flexibility index (Phi) is 7.11. The predicted octanol–water partition coefficient (Wildman–Crippen LogP) is 3.32. The van der Waals surface area contributed by atoms with Crippen LogP contribution in [0.3, 0.4) is 0 Å². The number of rotatable bonds is 4. The van der Waals surface area contributed by atoms with Crippen molar-refractivity contribution in [1.29, 1.82) is 0 Å². The number of benzene rings is 1. The van der Waals surface area contributed by atoms with E-state index in [0.29, 0.717) is 12.3 Å². The molecule has 1 unspecified atom stereocenters. The minimum Gasteiger partial charge on any atom is -0.326 e. The van der Waals surface area contributed by atoms with Gasteiger partial charge in [0, 0.05) is 12.1 Å². The van der Waals surface area contributed by atoms with Gasteiger partial charge in [0.05, 0.1) is 3.57 Å². The maximum Gasteiger partial charge on any atom is 0.224 e. The molecule has 0 saturated carbocycles. The van der Waals surface area contributed by atoms with Gasteiger partial charge in [0.15, 0.2) is 0 Å². The van der Waals surface area contributed by atoms with Crippen LogP contribution in [0.1, 0.15) is 19.3 Å². The summed E-state index contributed by atoms with van der Waals surface area (Å²) in [7, 11) is 0. The largest absolute Gasteiger partial charge is 0.326 e. The molecule has 20 heavy (non-hydrogen) atoms. The zero-order valence-corrected chi connectivity index (χ0v) is 13.7. The van der Waals surface area contributed by atoms with Crippen LogP contribution in [0.5, 0.6) is 0 Å². The topological polar surface area (TPSA) is 41.1 Å². The van der Waals surface area contributed by atoms with Crippen LogP contribution in [0.25, 0.3) is 0 Å². The second kappa shape index (κ2) is 8.09. The minimum atomic E-state index is -0.657. The molecule has 1 heterocycles. The second-order valence-corrected chi connectivity index (χ2v) is 5.78. The highest BCUT2D eigenvalue weighted by molar-refractivity contribution is 14.1. The van der Waals surface area contributed by atoms with Gasteiger partial charge in [-0.1, -0.05) is 0 Å². The van der Waals surface area contributed by atoms with E-state index in [4.69, 9.17) is 0 Å². The molecular weight excluding hydrogens is 401 g/mol. The fourth-order valence-electron chi connectivity index (χ4n) is 2.15. The Balaban J connectivity index is 0.00000200. The van der Waals surface area contributed by atoms with Crippen LogP contribution in [-0.2, 0) is 4.79 Å². The molecule has 0 bridgehead atoms. The van der Waals surface area contributed by atoms with Gasteiger partial charge >= 0.3 is 0 Å². The molecule has 1 amide bonds. The smallest absolute Gasteiger partial charge is 0.224 e. The van der Waals surface area contributed by atoms with Crippen LogP contribution in [-0.4, -0.2) is 19.0 Å². The molecule has 1 aliphatic rings. The van der Waals surface area contributed by atoms with Gasteiger partial charge in [-0.15, -0.1) is 12.4 Å². The maximum absolute atomic E-state index is 13.3. The molecule has 1 fully saturated rings. The van der Waals surface area contributed by atoms with E-state index < -0.39 is 11.6 Å². The maximum atomic E-state index is 13.3. The van der Waals surface area contributed by atoms with E-state index in [1.165, 1.54) is 0 Å². The van der Waals surface area contributed by atoms with Crippen molar-refractivity contribution in [2.24, 2.45) is 5.92 Å². The SMILES string of the molecule is Cl.O=C(CCC1CCNC1)Nc1cc(F)c(I)c(F)c1. The quantitative estimate of drug-likeness (QED) is 0.584. The molecule has 1 saturated heterocycles. The number of hydrogen-bond donors (Lipinski definition) is 2. The summed E-state index contributed by atoms with van der Waals surface area (Å²) in [6, 6.07) is 2.28. The zero-order valence-electron chi connectivity index (χ0n) is 10.7. The molecule has 7 heteroatoms. The van der Waals surface area contributed by atoms with Crippen LogP contribution in [0.2, 0.25) is 0 Å². The molecule has 1 aromatic carbocycles. The van der Waals surface area contributed by atoms with Crippen molar-refractivity contribution in [1.82, 2.24) is 5.32 Å². The van der Waals surface area contributed by atoms with E-state index in [0.717, 1.165) is 38.1 Å². The average molecular weight is 417 g/mol. The first-order chi connectivity index (χ1) is 9.06. The van der Waals surface area contributed by atoms with Crippen LogP contribution < -0.4 is 10.6 Å². The first-order valence-corrected chi connectivity index (χ1v) is 7.29. The van der Waals surface area contributed by atoms with Crippen LogP contribution >= 0.6 is 35.0 Å². The van der Waals surface area contributed by atoms with E-state index >= 15 is 0 Å². The Morgan fingerprint density at radius 3 is 2.60 bits per heavy atom. The van der Waals surface area contributed by atoms with Crippen molar-refractivity contribution in [2.75, 3.05) is 18.4 Å². The number of nitrogens with one attached hydrogen (secondary N) is 2. The third kappa shape index (κ3) is 4.82. The molecule has 0 aliphatic carbocycles. The van der Waals surface area contributed by atoms with Crippen molar-refractivity contribution in [2.45, 2.75) is 19.3 Å². The number of amides is 1. The van der Waals surface area contributed by atoms with Gasteiger partial charge in [-0.3, -0.25) is 4.79 Å². The molecule has 1 aliphatic heterocycles. The first kappa shape index (κ1) is 17.6. The predicted molar refractivity (Wildman–Crippen MR) is 85.2 cm³/mol. The number of carbonyl (C=O) groups excluding carboxylic acids is 1. The van der Waals surface area contributed by atoms with Crippen molar-refractivity contribution >= 4 is 46.6 Å². The van der Waals surface area contributed by atoms with Gasteiger partial charge in [0.1, 0.15) is 11.6 Å². The number of hydrogen-bond acceptors (Lipinski definition) is 2. The Hall–Kier alpha value is -0.470. The van der Waals surface area contributed by atoms with Crippen molar-refractivity contribution in [3.63, 3.8) is 0 Å². The molecule has 0 radical (unpaired) electrons. The summed E-state index contributed by atoms with van der Waals surface area (Å²) in [4.78, 5) is 11.7. The van der Waals surface area contributed by atoms with Crippen LogP contribution in [0.15, 0.2) is 12.1 Å². The lowest BCUT2D eigenvalue weighted by Crippen LogP contribution is -2.15. The van der Waals surface area contributed by atoms with Crippen LogP contribution in [0, 0.1) is 21.1 Å². The molecule has 2 rings (SSSR count). The Labute approximate surface area is 136 Å². The molecule has 1 atom stereocenters. The summed E-state index contributed by atoms with van der Waals surface area (Å²) in [6.07, 6.45) is 2.26. The Bertz CT molecular complexity index is 458. The Morgan fingerprint density at radius 2 is 2.05 bits per heavy atom. The highest BCUT2D eigenvalue weighted by Crippen LogP contribution is 2.21. The van der Waals surface area contributed by atoms with E-state index in [-0.39, 0.29) is 27.6 Å². The van der Waals surface area contributed by atoms with Gasteiger partial charge in [0.2, 0.25) is 5.91 Å². The van der Waals surface area contributed by atoms with E-state index in [1.54, 1.807) is 22.6 Å². The monoisotopic (exact) mass is 416 g/mol. The molecule has 1 aromatic rings. The highest BCUT2D eigenvalue weighted by atomic mass is 127. The summed E-state index contributed by atoms with van der Waals surface area (Å²) >= 11 is 1.59. The summed E-state index contributed by atoms with van der Waals surface area (Å²) in [5, 5.41) is 5.77.